The minimum atomic E-state index is 0.554. The van der Waals surface area contributed by atoms with Crippen LogP contribution >= 0.6 is 11.6 Å². The first-order valence-corrected chi connectivity index (χ1v) is 6.45. The second-order valence-corrected chi connectivity index (χ2v) is 5.03. The Balaban J connectivity index is 2.06. The summed E-state index contributed by atoms with van der Waals surface area (Å²) in [6.45, 7) is 5.51. The van der Waals surface area contributed by atoms with Gasteiger partial charge in [-0.2, -0.15) is 0 Å². The number of alkyl halides is 1. The van der Waals surface area contributed by atoms with Crippen LogP contribution in [-0.4, -0.2) is 18.6 Å². The molecule has 0 bridgehead atoms. The molecule has 0 aromatic carbocycles. The van der Waals surface area contributed by atoms with Crippen LogP contribution in [0.25, 0.3) is 0 Å². The van der Waals surface area contributed by atoms with E-state index in [1.165, 1.54) is 32.1 Å². The summed E-state index contributed by atoms with van der Waals surface area (Å²) in [4.78, 5) is 0. The van der Waals surface area contributed by atoms with Crippen molar-refractivity contribution in [2.45, 2.75) is 52.1 Å². The van der Waals surface area contributed by atoms with E-state index in [9.17, 15) is 0 Å². The first kappa shape index (κ1) is 12.3. The van der Waals surface area contributed by atoms with Crippen LogP contribution < -0.4 is 0 Å². The molecule has 1 fully saturated rings. The van der Waals surface area contributed by atoms with Gasteiger partial charge in [0.2, 0.25) is 0 Å². The van der Waals surface area contributed by atoms with Crippen molar-refractivity contribution in [2.24, 2.45) is 11.8 Å². The lowest BCUT2D eigenvalue weighted by Gasteiger charge is -2.18. The van der Waals surface area contributed by atoms with Crippen molar-refractivity contribution in [3.63, 3.8) is 0 Å². The Bertz CT molecular complexity index is 141. The average Bonchev–Trinajstić information content (AvgIpc) is 2.64. The van der Waals surface area contributed by atoms with Gasteiger partial charge in [0.05, 0.1) is 6.10 Å². The summed E-state index contributed by atoms with van der Waals surface area (Å²) < 4.78 is 5.60. The second kappa shape index (κ2) is 6.68. The largest absolute Gasteiger partial charge is 0.378 e. The van der Waals surface area contributed by atoms with E-state index in [-0.39, 0.29) is 0 Å². The van der Waals surface area contributed by atoms with Gasteiger partial charge in [-0.25, -0.2) is 0 Å². The fraction of sp³-hybridized carbons (Fsp3) is 1.00. The van der Waals surface area contributed by atoms with Crippen LogP contribution in [0.5, 0.6) is 0 Å². The lowest BCUT2D eigenvalue weighted by Crippen LogP contribution is -2.12. The summed E-state index contributed by atoms with van der Waals surface area (Å²) in [7, 11) is 0. The lowest BCUT2D eigenvalue weighted by molar-refractivity contribution is 0.100. The molecule has 1 aliphatic rings. The predicted octanol–water partition coefficient (Wildman–Crippen LogP) is 3.85. The highest BCUT2D eigenvalue weighted by Crippen LogP contribution is 2.23. The van der Waals surface area contributed by atoms with Gasteiger partial charge in [0, 0.05) is 12.5 Å². The number of rotatable bonds is 6. The normalized spacial score (nSPS) is 24.4. The molecule has 0 radical (unpaired) electrons. The molecule has 1 nitrogen and oxygen atoms in total. The zero-order valence-corrected chi connectivity index (χ0v) is 10.2. The van der Waals surface area contributed by atoms with E-state index in [0.717, 1.165) is 18.4 Å². The SMILES string of the molecule is CC(C)C(CCl)CCCC1CCCO1. The van der Waals surface area contributed by atoms with Crippen LogP contribution in [0.2, 0.25) is 0 Å². The summed E-state index contributed by atoms with van der Waals surface area (Å²) in [5, 5.41) is 0. The van der Waals surface area contributed by atoms with Gasteiger partial charge < -0.3 is 4.74 Å². The Morgan fingerprint density at radius 3 is 2.71 bits per heavy atom. The smallest absolute Gasteiger partial charge is 0.0576 e. The first-order chi connectivity index (χ1) is 6.74. The molecule has 0 N–H and O–H groups in total. The molecule has 0 aromatic rings. The van der Waals surface area contributed by atoms with E-state index in [1.54, 1.807) is 0 Å². The molecule has 0 aliphatic carbocycles. The van der Waals surface area contributed by atoms with Gasteiger partial charge in [0.15, 0.2) is 0 Å². The molecule has 0 spiro atoms. The highest BCUT2D eigenvalue weighted by atomic mass is 35.5. The summed E-state index contributed by atoms with van der Waals surface area (Å²) in [6.07, 6.45) is 6.86. The highest BCUT2D eigenvalue weighted by molar-refractivity contribution is 6.18. The molecule has 1 rings (SSSR count). The summed E-state index contributed by atoms with van der Waals surface area (Å²) in [6, 6.07) is 0. The van der Waals surface area contributed by atoms with Crippen molar-refractivity contribution < 1.29 is 4.74 Å². The zero-order valence-electron chi connectivity index (χ0n) is 9.47. The van der Waals surface area contributed by atoms with Crippen LogP contribution in [0.4, 0.5) is 0 Å². The lowest BCUT2D eigenvalue weighted by atomic mass is 9.91. The van der Waals surface area contributed by atoms with E-state index in [2.05, 4.69) is 13.8 Å². The molecule has 2 atom stereocenters. The van der Waals surface area contributed by atoms with Crippen LogP contribution in [0.3, 0.4) is 0 Å². The molecule has 2 unspecified atom stereocenters. The molecular weight excluding hydrogens is 196 g/mol. The molecule has 2 heteroatoms. The third-order valence-electron chi connectivity index (χ3n) is 3.27. The fourth-order valence-electron chi connectivity index (χ4n) is 2.07. The minimum Gasteiger partial charge on any atom is -0.378 e. The Morgan fingerprint density at radius 1 is 1.43 bits per heavy atom. The maximum absolute atomic E-state index is 5.93. The molecule has 84 valence electrons. The zero-order chi connectivity index (χ0) is 10.4. The Morgan fingerprint density at radius 2 is 2.21 bits per heavy atom. The van der Waals surface area contributed by atoms with Gasteiger partial charge in [-0.15, -0.1) is 11.6 Å². The topological polar surface area (TPSA) is 9.23 Å². The molecule has 0 saturated carbocycles. The second-order valence-electron chi connectivity index (χ2n) is 4.72. The fourth-order valence-corrected chi connectivity index (χ4v) is 2.58. The van der Waals surface area contributed by atoms with Crippen LogP contribution in [-0.2, 0) is 4.74 Å². The standard InChI is InChI=1S/C12H23ClO/c1-10(2)11(9-13)5-3-6-12-7-4-8-14-12/h10-12H,3-9H2,1-2H3. The van der Waals surface area contributed by atoms with Gasteiger partial charge in [-0.05, 0) is 37.5 Å². The minimum absolute atomic E-state index is 0.554. The van der Waals surface area contributed by atoms with E-state index >= 15 is 0 Å². The molecule has 14 heavy (non-hydrogen) atoms. The van der Waals surface area contributed by atoms with E-state index in [4.69, 9.17) is 16.3 Å². The number of hydrogen-bond donors (Lipinski definition) is 0. The third-order valence-corrected chi connectivity index (χ3v) is 3.66. The molecule has 0 aromatic heterocycles. The average molecular weight is 219 g/mol. The molecule has 1 aliphatic heterocycles. The Hall–Kier alpha value is 0.250. The molecule has 0 amide bonds. The summed E-state index contributed by atoms with van der Waals surface area (Å²) >= 11 is 5.93. The van der Waals surface area contributed by atoms with Crippen molar-refractivity contribution in [1.82, 2.24) is 0 Å². The molecule has 1 saturated heterocycles. The van der Waals surface area contributed by atoms with Gasteiger partial charge in [0.25, 0.3) is 0 Å². The van der Waals surface area contributed by atoms with E-state index in [0.29, 0.717) is 12.0 Å². The maximum Gasteiger partial charge on any atom is 0.0576 e. The van der Waals surface area contributed by atoms with E-state index < -0.39 is 0 Å². The quantitative estimate of drug-likeness (QED) is 0.616. The van der Waals surface area contributed by atoms with Crippen LogP contribution in [0, 0.1) is 11.8 Å². The first-order valence-electron chi connectivity index (χ1n) is 5.91. The van der Waals surface area contributed by atoms with Crippen molar-refractivity contribution in [3.8, 4) is 0 Å². The Labute approximate surface area is 93.2 Å². The molecule has 1 heterocycles. The van der Waals surface area contributed by atoms with Crippen molar-refractivity contribution in [1.29, 1.82) is 0 Å². The van der Waals surface area contributed by atoms with Gasteiger partial charge in [-0.3, -0.25) is 0 Å². The monoisotopic (exact) mass is 218 g/mol. The van der Waals surface area contributed by atoms with Gasteiger partial charge >= 0.3 is 0 Å². The van der Waals surface area contributed by atoms with Gasteiger partial charge in [-0.1, -0.05) is 20.3 Å². The highest BCUT2D eigenvalue weighted by Gasteiger charge is 2.17. The number of halogens is 1. The predicted molar refractivity (Wildman–Crippen MR) is 61.9 cm³/mol. The van der Waals surface area contributed by atoms with Crippen molar-refractivity contribution >= 4 is 11.6 Å². The number of hydrogen-bond acceptors (Lipinski definition) is 1. The summed E-state index contributed by atoms with van der Waals surface area (Å²) in [5.41, 5.74) is 0. The van der Waals surface area contributed by atoms with Crippen molar-refractivity contribution in [2.75, 3.05) is 12.5 Å². The Kier molecular flexibility index (Phi) is 5.88. The number of ether oxygens (including phenoxy) is 1. The van der Waals surface area contributed by atoms with E-state index in [1.807, 2.05) is 0 Å². The molecular formula is C12H23ClO. The summed E-state index contributed by atoms with van der Waals surface area (Å²) in [5.74, 6) is 2.22. The third kappa shape index (κ3) is 4.18. The van der Waals surface area contributed by atoms with Crippen molar-refractivity contribution in [3.05, 3.63) is 0 Å². The van der Waals surface area contributed by atoms with Gasteiger partial charge in [0.1, 0.15) is 0 Å². The van der Waals surface area contributed by atoms with Crippen LogP contribution in [0.15, 0.2) is 0 Å². The van der Waals surface area contributed by atoms with Crippen LogP contribution in [0.1, 0.15) is 46.0 Å². The maximum atomic E-state index is 5.93.